The maximum Gasteiger partial charge on any atom is 0.287 e. The fraction of sp³-hybridized carbons (Fsp3) is 0.182. The van der Waals surface area contributed by atoms with Crippen molar-refractivity contribution in [3.05, 3.63) is 40.6 Å². The SMILES string of the molecule is NNC(=O)c1cn(CCSc2ccc(Br)cc2)nn1. The normalized spacial score (nSPS) is 10.4. The van der Waals surface area contributed by atoms with E-state index in [-0.39, 0.29) is 5.69 Å². The molecule has 1 aromatic carbocycles. The van der Waals surface area contributed by atoms with Crippen LogP contribution in [0.4, 0.5) is 0 Å². The van der Waals surface area contributed by atoms with Crippen LogP contribution in [-0.2, 0) is 6.54 Å². The second-order valence-corrected chi connectivity index (χ2v) is 5.73. The minimum absolute atomic E-state index is 0.219. The molecule has 1 amide bonds. The Morgan fingerprint density at radius 1 is 1.42 bits per heavy atom. The molecule has 19 heavy (non-hydrogen) atoms. The Balaban J connectivity index is 1.84. The second-order valence-electron chi connectivity index (χ2n) is 3.64. The molecule has 0 aliphatic rings. The lowest BCUT2D eigenvalue weighted by Crippen LogP contribution is -2.30. The Hall–Kier alpha value is -1.38. The molecule has 0 fully saturated rings. The Kier molecular flexibility index (Phi) is 4.94. The summed E-state index contributed by atoms with van der Waals surface area (Å²) in [6.07, 6.45) is 1.57. The lowest BCUT2D eigenvalue weighted by molar-refractivity contribution is 0.0948. The third-order valence-electron chi connectivity index (χ3n) is 2.31. The molecule has 3 N–H and O–H groups in total. The number of nitrogens with zero attached hydrogens (tertiary/aromatic N) is 3. The van der Waals surface area contributed by atoms with Crippen LogP contribution in [0.5, 0.6) is 0 Å². The predicted molar refractivity (Wildman–Crippen MR) is 76.5 cm³/mol. The van der Waals surface area contributed by atoms with E-state index in [1.165, 1.54) is 4.90 Å². The van der Waals surface area contributed by atoms with Gasteiger partial charge in [-0.05, 0) is 24.3 Å². The maximum atomic E-state index is 11.2. The number of rotatable bonds is 5. The van der Waals surface area contributed by atoms with Crippen LogP contribution in [0, 0.1) is 0 Å². The summed E-state index contributed by atoms with van der Waals surface area (Å²) in [4.78, 5) is 12.4. The summed E-state index contributed by atoms with van der Waals surface area (Å²) in [7, 11) is 0. The zero-order valence-corrected chi connectivity index (χ0v) is 12.3. The minimum Gasteiger partial charge on any atom is -0.289 e. The molecule has 0 aliphatic heterocycles. The molecule has 1 heterocycles. The topological polar surface area (TPSA) is 85.8 Å². The van der Waals surface area contributed by atoms with Crippen molar-refractivity contribution in [2.75, 3.05) is 5.75 Å². The van der Waals surface area contributed by atoms with Gasteiger partial charge in [0, 0.05) is 15.1 Å². The van der Waals surface area contributed by atoms with E-state index in [0.29, 0.717) is 6.54 Å². The van der Waals surface area contributed by atoms with Crippen molar-refractivity contribution in [1.29, 1.82) is 0 Å². The third-order valence-corrected chi connectivity index (χ3v) is 3.83. The van der Waals surface area contributed by atoms with Crippen molar-refractivity contribution in [1.82, 2.24) is 20.4 Å². The van der Waals surface area contributed by atoms with Gasteiger partial charge in [0.25, 0.3) is 5.91 Å². The number of halogens is 1. The van der Waals surface area contributed by atoms with Gasteiger partial charge in [0.05, 0.1) is 12.7 Å². The first-order valence-electron chi connectivity index (χ1n) is 5.48. The van der Waals surface area contributed by atoms with Gasteiger partial charge in [0.2, 0.25) is 0 Å². The number of thioether (sulfide) groups is 1. The molecular weight excluding hydrogens is 330 g/mol. The summed E-state index contributed by atoms with van der Waals surface area (Å²) in [5, 5.41) is 7.59. The molecule has 100 valence electrons. The number of nitrogens with two attached hydrogens (primary N) is 1. The van der Waals surface area contributed by atoms with Crippen molar-refractivity contribution in [2.45, 2.75) is 11.4 Å². The zero-order valence-electron chi connectivity index (χ0n) is 9.91. The minimum atomic E-state index is -0.438. The van der Waals surface area contributed by atoms with E-state index in [4.69, 9.17) is 5.84 Å². The molecule has 0 spiro atoms. The summed E-state index contributed by atoms with van der Waals surface area (Å²) in [5.74, 6) is 5.42. The maximum absolute atomic E-state index is 11.2. The number of hydrogen-bond acceptors (Lipinski definition) is 5. The highest BCUT2D eigenvalue weighted by Crippen LogP contribution is 2.20. The quantitative estimate of drug-likeness (QED) is 0.372. The van der Waals surface area contributed by atoms with E-state index in [2.05, 4.69) is 26.2 Å². The number of hydrazine groups is 1. The number of hydrogen-bond donors (Lipinski definition) is 2. The van der Waals surface area contributed by atoms with Crippen LogP contribution in [0.15, 0.2) is 39.8 Å². The monoisotopic (exact) mass is 341 g/mol. The van der Waals surface area contributed by atoms with Crippen LogP contribution in [0.3, 0.4) is 0 Å². The van der Waals surface area contributed by atoms with Gasteiger partial charge in [0.1, 0.15) is 0 Å². The molecule has 1 aromatic heterocycles. The first-order chi connectivity index (χ1) is 9.19. The molecule has 0 saturated carbocycles. The van der Waals surface area contributed by atoms with Crippen molar-refractivity contribution in [3.8, 4) is 0 Å². The molecule has 8 heteroatoms. The second kappa shape index (κ2) is 6.69. The highest BCUT2D eigenvalue weighted by molar-refractivity contribution is 9.10. The van der Waals surface area contributed by atoms with Gasteiger partial charge >= 0.3 is 0 Å². The number of amides is 1. The van der Waals surface area contributed by atoms with E-state index in [1.54, 1.807) is 22.6 Å². The van der Waals surface area contributed by atoms with Crippen molar-refractivity contribution in [2.24, 2.45) is 5.84 Å². The highest BCUT2D eigenvalue weighted by atomic mass is 79.9. The van der Waals surface area contributed by atoms with Crippen LogP contribution in [0.1, 0.15) is 10.5 Å². The molecule has 6 nitrogen and oxygen atoms in total. The standard InChI is InChI=1S/C11H12BrN5OS/c12-8-1-3-9(4-2-8)19-6-5-17-7-10(15-16-17)11(18)14-13/h1-4,7H,5-6,13H2,(H,14,18). The first kappa shape index (κ1) is 14.0. The Morgan fingerprint density at radius 2 is 2.16 bits per heavy atom. The lowest BCUT2D eigenvalue weighted by Gasteiger charge is -2.01. The van der Waals surface area contributed by atoms with E-state index in [1.807, 2.05) is 29.7 Å². The van der Waals surface area contributed by atoms with Crippen LogP contribution in [0.2, 0.25) is 0 Å². The number of benzene rings is 1. The summed E-state index contributed by atoms with van der Waals surface area (Å²) >= 11 is 5.11. The first-order valence-corrected chi connectivity index (χ1v) is 7.26. The molecular formula is C11H12BrN5OS. The number of nitrogens with one attached hydrogen (secondary N) is 1. The molecule has 0 saturated heterocycles. The van der Waals surface area contributed by atoms with Crippen LogP contribution >= 0.6 is 27.7 Å². The van der Waals surface area contributed by atoms with Gasteiger partial charge in [-0.25, -0.2) is 5.84 Å². The summed E-state index contributed by atoms with van der Waals surface area (Å²) in [6.45, 7) is 0.672. The van der Waals surface area contributed by atoms with Gasteiger partial charge < -0.3 is 0 Å². The highest BCUT2D eigenvalue weighted by Gasteiger charge is 2.08. The molecule has 2 rings (SSSR count). The average Bonchev–Trinajstić information content (AvgIpc) is 2.89. The summed E-state index contributed by atoms with van der Waals surface area (Å²) in [5.41, 5.74) is 2.24. The van der Waals surface area contributed by atoms with E-state index in [0.717, 1.165) is 10.2 Å². The number of carbonyl (C=O) groups excluding carboxylic acids is 1. The molecule has 0 aliphatic carbocycles. The molecule has 2 aromatic rings. The smallest absolute Gasteiger partial charge is 0.287 e. The van der Waals surface area contributed by atoms with Crippen molar-refractivity contribution in [3.63, 3.8) is 0 Å². The third kappa shape index (κ3) is 4.05. The molecule has 0 bridgehead atoms. The summed E-state index contributed by atoms with van der Waals surface area (Å²) < 4.78 is 2.68. The van der Waals surface area contributed by atoms with Gasteiger partial charge in [-0.3, -0.25) is 14.9 Å². The van der Waals surface area contributed by atoms with Crippen LogP contribution in [-0.4, -0.2) is 26.7 Å². The Labute approximate surface area is 122 Å². The Morgan fingerprint density at radius 3 is 2.84 bits per heavy atom. The van der Waals surface area contributed by atoms with Crippen molar-refractivity contribution < 1.29 is 4.79 Å². The average molecular weight is 342 g/mol. The van der Waals surface area contributed by atoms with Crippen LogP contribution < -0.4 is 11.3 Å². The fourth-order valence-corrected chi connectivity index (χ4v) is 2.48. The Bertz CT molecular complexity index is 556. The predicted octanol–water partition coefficient (Wildman–Crippen LogP) is 1.44. The zero-order chi connectivity index (χ0) is 13.7. The van der Waals surface area contributed by atoms with Crippen molar-refractivity contribution >= 4 is 33.6 Å². The van der Waals surface area contributed by atoms with E-state index >= 15 is 0 Å². The fourth-order valence-electron chi connectivity index (χ4n) is 1.37. The van der Waals surface area contributed by atoms with Gasteiger partial charge in [0.15, 0.2) is 5.69 Å². The summed E-state index contributed by atoms with van der Waals surface area (Å²) in [6, 6.07) is 8.09. The van der Waals surface area contributed by atoms with Gasteiger partial charge in [-0.2, -0.15) is 0 Å². The number of aromatic nitrogens is 3. The number of nitrogen functional groups attached to an aromatic ring is 1. The van der Waals surface area contributed by atoms with Gasteiger partial charge in [-0.1, -0.05) is 21.1 Å². The largest absolute Gasteiger partial charge is 0.289 e. The van der Waals surface area contributed by atoms with Crippen LogP contribution in [0.25, 0.3) is 0 Å². The lowest BCUT2D eigenvalue weighted by atomic mass is 10.4. The van der Waals surface area contributed by atoms with E-state index < -0.39 is 5.91 Å². The van der Waals surface area contributed by atoms with E-state index in [9.17, 15) is 4.79 Å². The number of aryl methyl sites for hydroxylation is 1. The van der Waals surface area contributed by atoms with Gasteiger partial charge in [-0.15, -0.1) is 16.9 Å². The molecule has 0 atom stereocenters. The molecule has 0 radical (unpaired) electrons. The number of carbonyl (C=O) groups is 1. The molecule has 0 unspecified atom stereocenters.